The Morgan fingerprint density at radius 1 is 0.964 bits per heavy atom. The first-order chi connectivity index (χ1) is 13.7. The summed E-state index contributed by atoms with van der Waals surface area (Å²) in [4.78, 5) is 17.1. The minimum Gasteiger partial charge on any atom is -0.490 e. The molecule has 0 aliphatic carbocycles. The molecule has 1 amide bonds. The normalized spacial score (nSPS) is 17.6. The molecule has 6 heteroatoms. The number of carbonyl (C=O) groups excluding carboxylic acids is 1. The van der Waals surface area contributed by atoms with Gasteiger partial charge in [0.05, 0.1) is 13.2 Å². The zero-order chi connectivity index (χ0) is 19.3. The van der Waals surface area contributed by atoms with Gasteiger partial charge in [-0.25, -0.2) is 0 Å². The molecule has 2 aromatic carbocycles. The first-order valence-electron chi connectivity index (χ1n) is 9.96. The number of para-hydroxylation sites is 1. The summed E-state index contributed by atoms with van der Waals surface area (Å²) in [5.74, 6) is 1.62. The zero-order valence-electron chi connectivity index (χ0n) is 16.3. The van der Waals surface area contributed by atoms with Gasteiger partial charge in [-0.2, -0.15) is 0 Å². The van der Waals surface area contributed by atoms with Gasteiger partial charge in [0, 0.05) is 50.0 Å². The highest BCUT2D eigenvalue weighted by molar-refractivity contribution is 5.84. The number of carbonyl (C=O) groups is 1. The fourth-order valence-electron chi connectivity index (χ4n) is 3.66. The highest BCUT2D eigenvalue weighted by Gasteiger charge is 2.25. The second-order valence-corrected chi connectivity index (χ2v) is 7.23. The Bertz CT molecular complexity index is 804. The second-order valence-electron chi connectivity index (χ2n) is 7.23. The molecule has 28 heavy (non-hydrogen) atoms. The number of benzene rings is 2. The molecule has 1 atom stereocenters. The smallest absolute Gasteiger partial charge is 0.244 e. The van der Waals surface area contributed by atoms with Crippen LogP contribution in [0, 0.1) is 0 Å². The second kappa shape index (κ2) is 8.42. The summed E-state index contributed by atoms with van der Waals surface area (Å²) in [6.07, 6.45) is 0.876. The van der Waals surface area contributed by atoms with Crippen molar-refractivity contribution < 1.29 is 14.3 Å². The van der Waals surface area contributed by atoms with E-state index >= 15 is 0 Å². The van der Waals surface area contributed by atoms with Crippen LogP contribution in [0.1, 0.15) is 13.3 Å². The molecule has 6 nitrogen and oxygen atoms in total. The van der Waals surface area contributed by atoms with Crippen molar-refractivity contribution in [1.29, 1.82) is 0 Å². The van der Waals surface area contributed by atoms with E-state index in [9.17, 15) is 4.79 Å². The van der Waals surface area contributed by atoms with E-state index in [4.69, 9.17) is 9.47 Å². The number of hydrogen-bond acceptors (Lipinski definition) is 5. The molecular weight excluding hydrogens is 354 g/mol. The maximum atomic E-state index is 12.9. The molecule has 0 saturated carbocycles. The van der Waals surface area contributed by atoms with Crippen LogP contribution in [0.2, 0.25) is 0 Å². The Balaban J connectivity index is 1.33. The molecule has 1 fully saturated rings. The van der Waals surface area contributed by atoms with Crippen molar-refractivity contribution >= 4 is 17.3 Å². The maximum Gasteiger partial charge on any atom is 0.244 e. The zero-order valence-corrected chi connectivity index (χ0v) is 16.3. The molecular formula is C22H27N3O3. The summed E-state index contributed by atoms with van der Waals surface area (Å²) in [6, 6.07) is 15.8. The van der Waals surface area contributed by atoms with Gasteiger partial charge in [-0.3, -0.25) is 4.79 Å². The average Bonchev–Trinajstić information content (AvgIpc) is 2.99. The number of nitrogens with one attached hydrogen (secondary N) is 1. The van der Waals surface area contributed by atoms with Crippen LogP contribution in [0.25, 0.3) is 0 Å². The lowest BCUT2D eigenvalue weighted by atomic mass is 10.2. The lowest BCUT2D eigenvalue weighted by Crippen LogP contribution is -2.52. The lowest BCUT2D eigenvalue weighted by Gasteiger charge is -2.37. The van der Waals surface area contributed by atoms with Crippen LogP contribution in [-0.2, 0) is 4.79 Å². The van der Waals surface area contributed by atoms with Gasteiger partial charge >= 0.3 is 0 Å². The molecule has 0 radical (unpaired) electrons. The van der Waals surface area contributed by atoms with Gasteiger partial charge in [0.15, 0.2) is 11.5 Å². The fraction of sp³-hybridized carbons (Fsp3) is 0.409. The van der Waals surface area contributed by atoms with E-state index in [2.05, 4.69) is 22.3 Å². The molecule has 1 saturated heterocycles. The predicted molar refractivity (Wildman–Crippen MR) is 110 cm³/mol. The Kier molecular flexibility index (Phi) is 5.55. The first-order valence-corrected chi connectivity index (χ1v) is 9.96. The topological polar surface area (TPSA) is 54.0 Å². The first kappa shape index (κ1) is 18.5. The number of fused-ring (bicyclic) bond motifs is 1. The minimum absolute atomic E-state index is 0.125. The van der Waals surface area contributed by atoms with Crippen molar-refractivity contribution in [2.45, 2.75) is 19.4 Å². The van der Waals surface area contributed by atoms with Crippen LogP contribution < -0.4 is 19.7 Å². The predicted octanol–water partition coefficient (Wildman–Crippen LogP) is 3.00. The summed E-state index contributed by atoms with van der Waals surface area (Å²) in [5, 5.41) is 3.31. The fourth-order valence-corrected chi connectivity index (χ4v) is 3.66. The maximum absolute atomic E-state index is 12.9. The van der Waals surface area contributed by atoms with E-state index in [1.807, 2.05) is 48.2 Å². The van der Waals surface area contributed by atoms with Crippen molar-refractivity contribution in [1.82, 2.24) is 4.90 Å². The molecule has 1 unspecified atom stereocenters. The van der Waals surface area contributed by atoms with Crippen LogP contribution in [0.5, 0.6) is 11.5 Å². The number of hydrogen-bond donors (Lipinski definition) is 1. The van der Waals surface area contributed by atoms with Gasteiger partial charge in [-0.05, 0) is 31.2 Å². The number of piperazine rings is 1. The van der Waals surface area contributed by atoms with Crippen LogP contribution in [0.15, 0.2) is 48.5 Å². The van der Waals surface area contributed by atoms with E-state index in [0.717, 1.165) is 49.8 Å². The number of amides is 1. The molecule has 0 bridgehead atoms. The monoisotopic (exact) mass is 381 g/mol. The van der Waals surface area contributed by atoms with Crippen LogP contribution in [-0.4, -0.2) is 56.2 Å². The third-order valence-corrected chi connectivity index (χ3v) is 5.21. The van der Waals surface area contributed by atoms with Crippen LogP contribution in [0.4, 0.5) is 11.4 Å². The molecule has 148 valence electrons. The molecule has 1 N–H and O–H groups in total. The van der Waals surface area contributed by atoms with Crippen molar-refractivity contribution in [2.75, 3.05) is 49.6 Å². The van der Waals surface area contributed by atoms with Crippen LogP contribution >= 0.6 is 0 Å². The van der Waals surface area contributed by atoms with E-state index in [1.54, 1.807) is 0 Å². The van der Waals surface area contributed by atoms with Gasteiger partial charge in [-0.15, -0.1) is 0 Å². The summed E-state index contributed by atoms with van der Waals surface area (Å²) in [6.45, 7) is 6.41. The highest BCUT2D eigenvalue weighted by Crippen LogP contribution is 2.32. The molecule has 2 aromatic rings. The minimum atomic E-state index is -0.298. The van der Waals surface area contributed by atoms with Gasteiger partial charge in [0.25, 0.3) is 0 Å². The number of ether oxygens (including phenoxy) is 2. The Morgan fingerprint density at radius 3 is 2.43 bits per heavy atom. The molecule has 4 rings (SSSR count). The third kappa shape index (κ3) is 4.16. The third-order valence-electron chi connectivity index (χ3n) is 5.21. The summed E-state index contributed by atoms with van der Waals surface area (Å²) >= 11 is 0. The molecule has 0 spiro atoms. The van der Waals surface area contributed by atoms with Gasteiger partial charge in [0.2, 0.25) is 5.91 Å². The lowest BCUT2D eigenvalue weighted by molar-refractivity contribution is -0.131. The van der Waals surface area contributed by atoms with Crippen molar-refractivity contribution in [2.24, 2.45) is 0 Å². The van der Waals surface area contributed by atoms with Crippen molar-refractivity contribution in [3.63, 3.8) is 0 Å². The van der Waals surface area contributed by atoms with E-state index in [-0.39, 0.29) is 11.9 Å². The quantitative estimate of drug-likeness (QED) is 0.882. The van der Waals surface area contributed by atoms with E-state index < -0.39 is 0 Å². The largest absolute Gasteiger partial charge is 0.490 e. The molecule has 2 aliphatic rings. The number of rotatable bonds is 4. The Labute approximate surface area is 166 Å². The standard InChI is InChI=1S/C22H27N3O3/c1-17(23-18-8-9-20-21(16-18)28-15-5-14-27-20)22(26)25-12-10-24(11-13-25)19-6-3-2-4-7-19/h2-4,6-9,16-17,23H,5,10-15H2,1H3. The summed E-state index contributed by atoms with van der Waals surface area (Å²) in [7, 11) is 0. The number of nitrogens with zero attached hydrogens (tertiary/aromatic N) is 2. The number of anilines is 2. The Morgan fingerprint density at radius 2 is 1.68 bits per heavy atom. The average molecular weight is 381 g/mol. The summed E-state index contributed by atoms with van der Waals surface area (Å²) < 4.78 is 11.4. The van der Waals surface area contributed by atoms with E-state index in [0.29, 0.717) is 13.2 Å². The van der Waals surface area contributed by atoms with Crippen LogP contribution in [0.3, 0.4) is 0 Å². The van der Waals surface area contributed by atoms with E-state index in [1.165, 1.54) is 5.69 Å². The van der Waals surface area contributed by atoms with Crippen molar-refractivity contribution in [3.8, 4) is 11.5 Å². The van der Waals surface area contributed by atoms with Gasteiger partial charge < -0.3 is 24.6 Å². The van der Waals surface area contributed by atoms with Gasteiger partial charge in [-0.1, -0.05) is 18.2 Å². The molecule has 0 aromatic heterocycles. The summed E-state index contributed by atoms with van der Waals surface area (Å²) in [5.41, 5.74) is 2.08. The van der Waals surface area contributed by atoms with Crippen molar-refractivity contribution in [3.05, 3.63) is 48.5 Å². The highest BCUT2D eigenvalue weighted by atomic mass is 16.5. The SMILES string of the molecule is CC(Nc1ccc2c(c1)OCCCO2)C(=O)N1CCN(c2ccccc2)CC1. The Hall–Kier alpha value is -2.89. The molecule has 2 aliphatic heterocycles. The molecule has 2 heterocycles. The van der Waals surface area contributed by atoms with Gasteiger partial charge in [0.1, 0.15) is 6.04 Å².